The van der Waals surface area contributed by atoms with Gasteiger partial charge in [0.2, 0.25) is 11.6 Å². The van der Waals surface area contributed by atoms with Crippen LogP contribution in [0, 0.1) is 36.0 Å². The number of nitrogens with zero attached hydrogens (tertiary/aromatic N) is 1. The maximum absolute atomic E-state index is 14.1. The second-order valence-corrected chi connectivity index (χ2v) is 9.00. The molecule has 0 aliphatic rings. The number of oxime groups is 1. The number of carbonyl (C=O) groups excluding carboxylic acids is 1. The molecule has 0 fully saturated rings. The topological polar surface area (TPSA) is 72.8 Å². The Morgan fingerprint density at radius 2 is 1.25 bits per heavy atom. The Balaban J connectivity index is 1.86. The maximum atomic E-state index is 14.1. The first-order valence-electron chi connectivity index (χ1n) is 10.2. The third-order valence-electron chi connectivity index (χ3n) is 5.30. The van der Waals surface area contributed by atoms with Crippen molar-refractivity contribution >= 4 is 32.4 Å². The summed E-state index contributed by atoms with van der Waals surface area (Å²) in [4.78, 5) is 11.3. The maximum Gasteiger partial charge on any atom is 0.364 e. The van der Waals surface area contributed by atoms with E-state index in [2.05, 4.69) is 9.44 Å². The van der Waals surface area contributed by atoms with Gasteiger partial charge < -0.3 is 0 Å². The Morgan fingerprint density at radius 3 is 1.86 bits per heavy atom. The molecular formula is C25H14F5NO4S. The molecule has 0 aliphatic heterocycles. The van der Waals surface area contributed by atoms with Gasteiger partial charge >= 0.3 is 10.1 Å². The van der Waals surface area contributed by atoms with Crippen molar-refractivity contribution in [2.75, 3.05) is 0 Å². The van der Waals surface area contributed by atoms with Gasteiger partial charge in [-0.15, -0.1) is 0 Å². The highest BCUT2D eigenvalue weighted by molar-refractivity contribution is 7.86. The van der Waals surface area contributed by atoms with E-state index in [0.717, 1.165) is 10.9 Å². The minimum Gasteiger partial charge on any atom is -0.287 e. The average molecular weight is 519 g/mol. The Kier molecular flexibility index (Phi) is 6.59. The number of carbonyl (C=O) groups is 1. The number of hydrogen-bond acceptors (Lipinski definition) is 5. The zero-order chi connectivity index (χ0) is 26.2. The molecule has 11 heteroatoms. The smallest absolute Gasteiger partial charge is 0.287 e. The van der Waals surface area contributed by atoms with E-state index in [-0.39, 0.29) is 11.1 Å². The van der Waals surface area contributed by atoms with E-state index in [4.69, 9.17) is 0 Å². The predicted octanol–water partition coefficient (Wildman–Crippen LogP) is 5.84. The lowest BCUT2D eigenvalue weighted by Crippen LogP contribution is -2.19. The molecule has 0 bridgehead atoms. The number of halogens is 5. The van der Waals surface area contributed by atoms with Gasteiger partial charge in [-0.3, -0.25) is 9.08 Å². The van der Waals surface area contributed by atoms with Gasteiger partial charge in [0, 0.05) is 11.1 Å². The van der Waals surface area contributed by atoms with Crippen molar-refractivity contribution in [3.63, 3.8) is 0 Å². The first kappa shape index (κ1) is 25.0. The van der Waals surface area contributed by atoms with Crippen LogP contribution in [0.25, 0.3) is 10.8 Å². The first-order valence-corrected chi connectivity index (χ1v) is 11.6. The predicted molar refractivity (Wildman–Crippen MR) is 120 cm³/mol. The quantitative estimate of drug-likeness (QED) is 0.0802. The molecule has 5 nitrogen and oxygen atoms in total. The summed E-state index contributed by atoms with van der Waals surface area (Å²) in [6.45, 7) is 1.82. The van der Waals surface area contributed by atoms with Crippen LogP contribution in [0.5, 0.6) is 0 Å². The normalized spacial score (nSPS) is 12.1. The highest BCUT2D eigenvalue weighted by atomic mass is 32.2. The standard InChI is InChI=1S/C25H14F5NO4S/c1-13-11-12-17(16-10-6-5-9-15(13)16)24(32)23(14-7-3-2-4-8-14)31-35-36(33,34)25-21(29)19(27)18(26)20(28)22(25)30/h2-12H,1H3/b31-23+. The molecule has 0 aromatic heterocycles. The van der Waals surface area contributed by atoms with E-state index in [1.807, 2.05) is 6.92 Å². The lowest BCUT2D eigenvalue weighted by atomic mass is 9.94. The third kappa shape index (κ3) is 4.33. The summed E-state index contributed by atoms with van der Waals surface area (Å²) in [5.41, 5.74) is 0.443. The van der Waals surface area contributed by atoms with E-state index in [0.29, 0.717) is 5.39 Å². The second-order valence-electron chi connectivity index (χ2n) is 7.54. The molecule has 36 heavy (non-hydrogen) atoms. The molecule has 0 radical (unpaired) electrons. The molecule has 4 rings (SSSR count). The first-order chi connectivity index (χ1) is 17.0. The van der Waals surface area contributed by atoms with Crippen LogP contribution in [-0.2, 0) is 14.4 Å². The highest BCUT2D eigenvalue weighted by Gasteiger charge is 2.35. The Morgan fingerprint density at radius 1 is 0.722 bits per heavy atom. The number of benzene rings is 4. The minimum absolute atomic E-state index is 0.0692. The molecule has 0 saturated heterocycles. The number of aryl methyl sites for hydroxylation is 1. The molecule has 0 saturated carbocycles. The average Bonchev–Trinajstić information content (AvgIpc) is 2.87. The summed E-state index contributed by atoms with van der Waals surface area (Å²) < 4.78 is 97.9. The van der Waals surface area contributed by atoms with Crippen molar-refractivity contribution < 1.29 is 39.4 Å². The van der Waals surface area contributed by atoms with E-state index < -0.39 is 55.6 Å². The molecule has 4 aromatic carbocycles. The van der Waals surface area contributed by atoms with Crippen molar-refractivity contribution in [3.05, 3.63) is 113 Å². The summed E-state index contributed by atoms with van der Waals surface area (Å²) >= 11 is 0. The fraction of sp³-hybridized carbons (Fsp3) is 0.0400. The molecule has 4 aromatic rings. The zero-order valence-corrected chi connectivity index (χ0v) is 19.0. The Bertz CT molecular complexity index is 1630. The van der Waals surface area contributed by atoms with Crippen LogP contribution in [0.1, 0.15) is 21.5 Å². The van der Waals surface area contributed by atoms with Crippen molar-refractivity contribution in [1.82, 2.24) is 0 Å². The van der Waals surface area contributed by atoms with Crippen LogP contribution in [0.4, 0.5) is 22.0 Å². The van der Waals surface area contributed by atoms with Crippen molar-refractivity contribution in [2.45, 2.75) is 11.8 Å². The van der Waals surface area contributed by atoms with Crippen molar-refractivity contribution in [1.29, 1.82) is 0 Å². The van der Waals surface area contributed by atoms with Gasteiger partial charge in [0.05, 0.1) is 0 Å². The Hall–Kier alpha value is -4.12. The lowest BCUT2D eigenvalue weighted by molar-refractivity contribution is 0.106. The van der Waals surface area contributed by atoms with Gasteiger partial charge in [0.1, 0.15) is 0 Å². The molecule has 0 spiro atoms. The highest BCUT2D eigenvalue weighted by Crippen LogP contribution is 2.29. The monoisotopic (exact) mass is 519 g/mol. The summed E-state index contributed by atoms with van der Waals surface area (Å²) in [6.07, 6.45) is 0. The molecular weight excluding hydrogens is 505 g/mol. The zero-order valence-electron chi connectivity index (χ0n) is 18.2. The van der Waals surface area contributed by atoms with Gasteiger partial charge in [-0.2, -0.15) is 8.42 Å². The van der Waals surface area contributed by atoms with Crippen LogP contribution in [0.15, 0.2) is 76.8 Å². The Labute approximate surface area is 201 Å². The van der Waals surface area contributed by atoms with Crippen LogP contribution in [0.3, 0.4) is 0 Å². The fourth-order valence-electron chi connectivity index (χ4n) is 3.52. The number of ketones is 1. The minimum atomic E-state index is -5.69. The van der Waals surface area contributed by atoms with Crippen LogP contribution in [-0.4, -0.2) is 19.9 Å². The molecule has 0 N–H and O–H groups in total. The van der Waals surface area contributed by atoms with E-state index in [1.54, 1.807) is 36.4 Å². The molecule has 0 aliphatic carbocycles. The molecule has 0 amide bonds. The number of Topliss-reactive ketones (excluding diaryl/α,β-unsaturated/α-hetero) is 1. The summed E-state index contributed by atoms with van der Waals surface area (Å²) in [5, 5.41) is 4.55. The molecule has 184 valence electrons. The van der Waals surface area contributed by atoms with Gasteiger partial charge in [-0.25, -0.2) is 22.0 Å². The van der Waals surface area contributed by atoms with Crippen molar-refractivity contribution in [3.8, 4) is 0 Å². The number of rotatable bonds is 6. The summed E-state index contributed by atoms with van der Waals surface area (Å²) in [7, 11) is -5.69. The van der Waals surface area contributed by atoms with Gasteiger partial charge in [0.15, 0.2) is 33.9 Å². The lowest BCUT2D eigenvalue weighted by Gasteiger charge is -2.11. The van der Waals surface area contributed by atoms with Gasteiger partial charge in [-0.05, 0) is 23.3 Å². The summed E-state index contributed by atoms with van der Waals surface area (Å²) in [5.74, 6) is -13.6. The van der Waals surface area contributed by atoms with E-state index in [9.17, 15) is 35.2 Å². The van der Waals surface area contributed by atoms with Crippen LogP contribution < -0.4 is 0 Å². The van der Waals surface area contributed by atoms with Crippen molar-refractivity contribution in [2.24, 2.45) is 5.16 Å². The third-order valence-corrected chi connectivity index (χ3v) is 6.42. The second kappa shape index (κ2) is 9.50. The molecule has 0 unspecified atom stereocenters. The van der Waals surface area contributed by atoms with Gasteiger partial charge in [-0.1, -0.05) is 71.9 Å². The summed E-state index contributed by atoms with van der Waals surface area (Å²) in [6, 6.07) is 17.4. The van der Waals surface area contributed by atoms with E-state index >= 15 is 0 Å². The van der Waals surface area contributed by atoms with Gasteiger partial charge in [0.25, 0.3) is 0 Å². The SMILES string of the molecule is Cc1ccc(C(=O)/C(=N/OS(=O)(=O)c2c(F)c(F)c(F)c(F)c2F)c2ccccc2)c2ccccc12. The largest absolute Gasteiger partial charge is 0.364 e. The molecule has 0 atom stereocenters. The molecule has 0 heterocycles. The number of fused-ring (bicyclic) bond motifs is 1. The van der Waals surface area contributed by atoms with E-state index in [1.165, 1.54) is 30.3 Å². The number of hydrogen-bond donors (Lipinski definition) is 0. The van der Waals surface area contributed by atoms with Crippen LogP contribution in [0.2, 0.25) is 0 Å². The van der Waals surface area contributed by atoms with Crippen LogP contribution >= 0.6 is 0 Å². The fourth-order valence-corrected chi connectivity index (χ4v) is 4.39.